The lowest BCUT2D eigenvalue weighted by Gasteiger charge is -2.44. The standard InChI is InChI=1S/C28H36FN3O2/c1-21(33)25-4-2-5-27(19-25)31-28(34)30-14-3-15-32(20-24-6-7-24)16-12-23(13-17-32)18-22-8-10-26(29)11-9-22/h2,4-5,8-11,19,23-24H,3,6-7,12-18,20H2,1H3,(H-,30,31,34)/p+1. The first kappa shape index (κ1) is 24.4. The van der Waals surface area contributed by atoms with Gasteiger partial charge in [0.2, 0.25) is 0 Å². The maximum absolute atomic E-state index is 13.2. The van der Waals surface area contributed by atoms with Crippen molar-refractivity contribution in [3.63, 3.8) is 0 Å². The molecule has 2 aromatic carbocycles. The third-order valence-electron chi connectivity index (χ3n) is 7.43. The fourth-order valence-electron chi connectivity index (χ4n) is 5.28. The van der Waals surface area contributed by atoms with Crippen LogP contribution in [0.2, 0.25) is 0 Å². The number of benzene rings is 2. The number of hydrogen-bond acceptors (Lipinski definition) is 2. The highest BCUT2D eigenvalue weighted by Crippen LogP contribution is 2.36. The van der Waals surface area contributed by atoms with Crippen LogP contribution >= 0.6 is 0 Å². The molecule has 0 bridgehead atoms. The van der Waals surface area contributed by atoms with Crippen LogP contribution < -0.4 is 10.6 Å². The van der Waals surface area contributed by atoms with Crippen LogP contribution in [0.3, 0.4) is 0 Å². The van der Waals surface area contributed by atoms with Gasteiger partial charge in [0.05, 0.1) is 26.2 Å². The Bertz CT molecular complexity index is 979. The lowest BCUT2D eigenvalue weighted by molar-refractivity contribution is -0.935. The summed E-state index contributed by atoms with van der Waals surface area (Å²) in [7, 11) is 0. The second-order valence-electron chi connectivity index (χ2n) is 10.3. The van der Waals surface area contributed by atoms with Gasteiger partial charge in [-0.25, -0.2) is 9.18 Å². The number of rotatable bonds is 10. The minimum atomic E-state index is -0.229. The number of halogens is 1. The maximum atomic E-state index is 13.2. The molecule has 34 heavy (non-hydrogen) atoms. The summed E-state index contributed by atoms with van der Waals surface area (Å²) in [5, 5.41) is 5.80. The Morgan fingerprint density at radius 3 is 2.41 bits per heavy atom. The first-order valence-electron chi connectivity index (χ1n) is 12.7. The Morgan fingerprint density at radius 2 is 1.74 bits per heavy atom. The van der Waals surface area contributed by atoms with Crippen molar-refractivity contribution in [1.29, 1.82) is 0 Å². The molecule has 182 valence electrons. The van der Waals surface area contributed by atoms with Gasteiger partial charge in [0, 0.05) is 30.1 Å². The van der Waals surface area contributed by atoms with Crippen LogP contribution in [0.4, 0.5) is 14.9 Å². The number of hydrogen-bond donors (Lipinski definition) is 2. The number of carbonyl (C=O) groups excluding carboxylic acids is 2. The van der Waals surface area contributed by atoms with Crippen LogP contribution in [-0.2, 0) is 6.42 Å². The zero-order valence-corrected chi connectivity index (χ0v) is 20.2. The molecule has 2 N–H and O–H groups in total. The molecule has 2 aliphatic rings. The number of quaternary nitrogens is 1. The van der Waals surface area contributed by atoms with Gasteiger partial charge in [-0.3, -0.25) is 4.79 Å². The summed E-state index contributed by atoms with van der Waals surface area (Å²) >= 11 is 0. The van der Waals surface area contributed by atoms with Crippen LogP contribution in [0, 0.1) is 17.7 Å². The van der Waals surface area contributed by atoms with E-state index in [0.29, 0.717) is 23.7 Å². The Hall–Kier alpha value is -2.73. The highest BCUT2D eigenvalue weighted by atomic mass is 19.1. The Labute approximate surface area is 202 Å². The molecule has 1 saturated carbocycles. The van der Waals surface area contributed by atoms with Gasteiger partial charge in [-0.2, -0.15) is 0 Å². The second kappa shape index (κ2) is 11.1. The van der Waals surface area contributed by atoms with Crippen LogP contribution in [0.5, 0.6) is 0 Å². The molecule has 0 radical (unpaired) electrons. The minimum absolute atomic E-state index is 0.0184. The van der Waals surface area contributed by atoms with Crippen molar-refractivity contribution in [3.8, 4) is 0 Å². The van der Waals surface area contributed by atoms with Crippen LogP contribution in [0.15, 0.2) is 48.5 Å². The number of anilines is 1. The summed E-state index contributed by atoms with van der Waals surface area (Å²) in [5.41, 5.74) is 2.45. The van der Waals surface area contributed by atoms with Gasteiger partial charge in [0.1, 0.15) is 5.82 Å². The Morgan fingerprint density at radius 1 is 1.00 bits per heavy atom. The molecular formula is C28H37FN3O2+. The first-order valence-corrected chi connectivity index (χ1v) is 12.7. The van der Waals surface area contributed by atoms with Gasteiger partial charge in [-0.15, -0.1) is 0 Å². The molecule has 0 unspecified atom stereocenters. The van der Waals surface area contributed by atoms with Gasteiger partial charge in [-0.1, -0.05) is 24.3 Å². The quantitative estimate of drug-likeness (QED) is 0.279. The van der Waals surface area contributed by atoms with E-state index in [-0.39, 0.29) is 17.6 Å². The lowest BCUT2D eigenvalue weighted by Crippen LogP contribution is -2.55. The molecule has 2 amide bonds. The summed E-state index contributed by atoms with van der Waals surface area (Å²) in [6.07, 6.45) is 7.14. The van der Waals surface area contributed by atoms with Crippen LogP contribution in [-0.4, -0.2) is 49.0 Å². The normalized spacial score (nSPS) is 22.2. The smallest absolute Gasteiger partial charge is 0.319 e. The molecule has 1 aliphatic carbocycles. The van der Waals surface area contributed by atoms with Crippen molar-refractivity contribution < 1.29 is 18.5 Å². The average Bonchev–Trinajstić information content (AvgIpc) is 3.64. The van der Waals surface area contributed by atoms with E-state index in [1.165, 1.54) is 62.3 Å². The molecule has 2 aromatic rings. The van der Waals surface area contributed by atoms with E-state index in [0.717, 1.165) is 25.3 Å². The molecule has 2 fully saturated rings. The monoisotopic (exact) mass is 466 g/mol. The summed E-state index contributed by atoms with van der Waals surface area (Å²) < 4.78 is 14.4. The highest BCUT2D eigenvalue weighted by Gasteiger charge is 2.38. The fraction of sp³-hybridized carbons (Fsp3) is 0.500. The van der Waals surface area contributed by atoms with E-state index < -0.39 is 0 Å². The maximum Gasteiger partial charge on any atom is 0.319 e. The number of piperidine rings is 1. The predicted octanol–water partition coefficient (Wildman–Crippen LogP) is 5.42. The number of amides is 2. The van der Waals surface area contributed by atoms with Gasteiger partial charge in [0.25, 0.3) is 0 Å². The number of ketones is 1. The van der Waals surface area contributed by atoms with Crippen molar-refractivity contribution in [2.75, 3.05) is 38.0 Å². The number of nitrogens with one attached hydrogen (secondary N) is 2. The summed E-state index contributed by atoms with van der Waals surface area (Å²) in [4.78, 5) is 23.8. The number of carbonyl (C=O) groups is 2. The Balaban J connectivity index is 1.22. The molecule has 0 aromatic heterocycles. The predicted molar refractivity (Wildman–Crippen MR) is 133 cm³/mol. The molecule has 6 heteroatoms. The Kier molecular flexibility index (Phi) is 7.99. The molecule has 0 atom stereocenters. The second-order valence-corrected chi connectivity index (χ2v) is 10.3. The zero-order chi connectivity index (χ0) is 24.0. The number of urea groups is 1. The first-order chi connectivity index (χ1) is 16.4. The minimum Gasteiger partial charge on any atom is -0.338 e. The number of Topliss-reactive ketones (excluding diaryl/α,β-unsaturated/α-hetero) is 1. The van der Waals surface area contributed by atoms with Gasteiger partial charge in [0.15, 0.2) is 5.78 Å². The van der Waals surface area contributed by atoms with Crippen molar-refractivity contribution >= 4 is 17.5 Å². The molecule has 4 rings (SSSR count). The van der Waals surface area contributed by atoms with Crippen molar-refractivity contribution in [2.24, 2.45) is 11.8 Å². The number of nitrogens with zero attached hydrogens (tertiary/aromatic N) is 1. The van der Waals surface area contributed by atoms with E-state index in [1.807, 2.05) is 12.1 Å². The topological polar surface area (TPSA) is 58.2 Å². The van der Waals surface area contributed by atoms with E-state index in [4.69, 9.17) is 0 Å². The van der Waals surface area contributed by atoms with Crippen LogP contribution in [0.25, 0.3) is 0 Å². The summed E-state index contributed by atoms with van der Waals surface area (Å²) in [6.45, 7) is 6.93. The lowest BCUT2D eigenvalue weighted by atomic mass is 9.88. The third kappa shape index (κ3) is 7.13. The summed E-state index contributed by atoms with van der Waals surface area (Å²) in [6, 6.07) is 13.8. The largest absolute Gasteiger partial charge is 0.338 e. The van der Waals surface area contributed by atoms with Crippen molar-refractivity contribution in [2.45, 2.75) is 45.4 Å². The molecule has 1 aliphatic heterocycles. The van der Waals surface area contributed by atoms with Crippen molar-refractivity contribution in [3.05, 3.63) is 65.5 Å². The van der Waals surface area contributed by atoms with Crippen molar-refractivity contribution in [1.82, 2.24) is 5.32 Å². The third-order valence-corrected chi connectivity index (χ3v) is 7.43. The fourth-order valence-corrected chi connectivity index (χ4v) is 5.28. The van der Waals surface area contributed by atoms with E-state index in [9.17, 15) is 14.0 Å². The van der Waals surface area contributed by atoms with Gasteiger partial charge < -0.3 is 15.1 Å². The number of likely N-dealkylation sites (tertiary alicyclic amines) is 1. The van der Waals surface area contributed by atoms with E-state index in [2.05, 4.69) is 10.6 Å². The highest BCUT2D eigenvalue weighted by molar-refractivity contribution is 5.96. The SMILES string of the molecule is CC(=O)c1cccc(NC(=O)NCCC[N+]2(CC3CC3)CCC(Cc3ccc(F)cc3)CC2)c1. The van der Waals surface area contributed by atoms with Crippen LogP contribution in [0.1, 0.15) is 54.9 Å². The molecule has 1 saturated heterocycles. The molecular weight excluding hydrogens is 429 g/mol. The molecule has 0 spiro atoms. The van der Waals surface area contributed by atoms with Gasteiger partial charge >= 0.3 is 6.03 Å². The van der Waals surface area contributed by atoms with Gasteiger partial charge in [-0.05, 0) is 74.8 Å². The zero-order valence-electron chi connectivity index (χ0n) is 20.2. The molecule has 5 nitrogen and oxygen atoms in total. The molecule has 1 heterocycles. The average molecular weight is 467 g/mol. The van der Waals surface area contributed by atoms with E-state index in [1.54, 1.807) is 36.4 Å². The summed E-state index contributed by atoms with van der Waals surface area (Å²) in [5.74, 6) is 1.36. The van der Waals surface area contributed by atoms with E-state index >= 15 is 0 Å².